The van der Waals surface area contributed by atoms with Gasteiger partial charge in [-0.25, -0.2) is 17.9 Å². The molecule has 0 amide bonds. The molecule has 0 heterocycles. The van der Waals surface area contributed by atoms with E-state index in [0.717, 1.165) is 6.08 Å². The SMILES string of the molecule is CNS(=O)(=O)c1cc(/C=C/C(=O)OCc2cccc([N+](=O)[O-])c2)ccc1OC. The van der Waals surface area contributed by atoms with Crippen molar-refractivity contribution in [2.75, 3.05) is 14.2 Å². The van der Waals surface area contributed by atoms with Crippen molar-refractivity contribution in [2.24, 2.45) is 0 Å². The van der Waals surface area contributed by atoms with Crippen LogP contribution in [0.1, 0.15) is 11.1 Å². The summed E-state index contributed by atoms with van der Waals surface area (Å²) in [6.07, 6.45) is 2.53. The van der Waals surface area contributed by atoms with Gasteiger partial charge in [-0.05, 0) is 36.4 Å². The number of nitrogens with one attached hydrogen (secondary N) is 1. The van der Waals surface area contributed by atoms with Crippen LogP contribution < -0.4 is 9.46 Å². The fourth-order valence-corrected chi connectivity index (χ4v) is 3.17. The van der Waals surface area contributed by atoms with Crippen molar-refractivity contribution in [3.05, 3.63) is 69.8 Å². The van der Waals surface area contributed by atoms with Crippen LogP contribution >= 0.6 is 0 Å². The lowest BCUT2D eigenvalue weighted by Crippen LogP contribution is -2.19. The molecular weight excluding hydrogens is 388 g/mol. The second-order valence-electron chi connectivity index (χ2n) is 5.49. The Bertz CT molecular complexity index is 1020. The monoisotopic (exact) mass is 406 g/mol. The molecule has 0 aromatic heterocycles. The number of hydrogen-bond acceptors (Lipinski definition) is 7. The fraction of sp³-hybridized carbons (Fsp3) is 0.167. The Labute approximate surface area is 161 Å². The number of esters is 1. The van der Waals surface area contributed by atoms with Crippen molar-refractivity contribution < 1.29 is 27.6 Å². The van der Waals surface area contributed by atoms with Crippen LogP contribution in [0.15, 0.2) is 53.4 Å². The van der Waals surface area contributed by atoms with E-state index in [0.29, 0.717) is 11.1 Å². The number of nitro groups is 1. The molecule has 0 aliphatic heterocycles. The molecule has 2 rings (SSSR count). The van der Waals surface area contributed by atoms with Gasteiger partial charge in [0.05, 0.1) is 12.0 Å². The number of carbonyl (C=O) groups is 1. The maximum Gasteiger partial charge on any atom is 0.331 e. The van der Waals surface area contributed by atoms with Crippen molar-refractivity contribution in [3.8, 4) is 5.75 Å². The maximum atomic E-state index is 12.1. The zero-order chi connectivity index (χ0) is 20.7. The summed E-state index contributed by atoms with van der Waals surface area (Å²) in [6, 6.07) is 10.2. The van der Waals surface area contributed by atoms with Gasteiger partial charge in [0.15, 0.2) is 0 Å². The van der Waals surface area contributed by atoms with Crippen molar-refractivity contribution in [3.63, 3.8) is 0 Å². The van der Waals surface area contributed by atoms with Crippen molar-refractivity contribution in [1.82, 2.24) is 4.72 Å². The lowest BCUT2D eigenvalue weighted by molar-refractivity contribution is -0.384. The third-order valence-electron chi connectivity index (χ3n) is 3.66. The van der Waals surface area contributed by atoms with E-state index in [1.807, 2.05) is 0 Å². The summed E-state index contributed by atoms with van der Waals surface area (Å²) < 4.78 is 36.4. The first-order valence-corrected chi connectivity index (χ1v) is 9.45. The maximum absolute atomic E-state index is 12.1. The summed E-state index contributed by atoms with van der Waals surface area (Å²) in [5.74, 6) is -0.514. The number of non-ortho nitro benzene ring substituents is 1. The average Bonchev–Trinajstić information content (AvgIpc) is 2.70. The Kier molecular flexibility index (Phi) is 6.85. The minimum Gasteiger partial charge on any atom is -0.495 e. The second-order valence-corrected chi connectivity index (χ2v) is 7.34. The topological polar surface area (TPSA) is 125 Å². The molecule has 0 saturated carbocycles. The number of benzene rings is 2. The molecule has 10 heteroatoms. The van der Waals surface area contributed by atoms with E-state index in [-0.39, 0.29) is 22.9 Å². The number of rotatable bonds is 8. The molecule has 0 unspecified atom stereocenters. The Morgan fingerprint density at radius 3 is 2.64 bits per heavy atom. The largest absolute Gasteiger partial charge is 0.495 e. The molecule has 0 radical (unpaired) electrons. The highest BCUT2D eigenvalue weighted by Crippen LogP contribution is 2.25. The van der Waals surface area contributed by atoms with Crippen LogP contribution in [-0.4, -0.2) is 33.5 Å². The quantitative estimate of drug-likeness (QED) is 0.308. The normalized spacial score (nSPS) is 11.4. The van der Waals surface area contributed by atoms with Crippen LogP contribution in [0.3, 0.4) is 0 Å². The van der Waals surface area contributed by atoms with Gasteiger partial charge >= 0.3 is 5.97 Å². The van der Waals surface area contributed by atoms with Gasteiger partial charge in [-0.2, -0.15) is 0 Å². The Hall–Kier alpha value is -3.24. The number of methoxy groups -OCH3 is 1. The van der Waals surface area contributed by atoms with E-state index >= 15 is 0 Å². The molecular formula is C18H18N2O7S. The molecule has 0 fully saturated rings. The van der Waals surface area contributed by atoms with Crippen LogP contribution in [0, 0.1) is 10.1 Å². The van der Waals surface area contributed by atoms with E-state index in [9.17, 15) is 23.3 Å². The Balaban J connectivity index is 2.09. The number of nitrogens with zero attached hydrogens (tertiary/aromatic N) is 1. The molecule has 0 saturated heterocycles. The number of sulfonamides is 1. The summed E-state index contributed by atoms with van der Waals surface area (Å²) >= 11 is 0. The smallest absolute Gasteiger partial charge is 0.331 e. The van der Waals surface area contributed by atoms with Crippen molar-refractivity contribution in [2.45, 2.75) is 11.5 Å². The summed E-state index contributed by atoms with van der Waals surface area (Å²) in [7, 11) is -1.11. The molecule has 1 N–H and O–H groups in total. The first-order valence-electron chi connectivity index (χ1n) is 7.96. The molecule has 0 aliphatic carbocycles. The molecule has 0 bridgehead atoms. The van der Waals surface area contributed by atoms with Crippen LogP contribution in [-0.2, 0) is 26.2 Å². The van der Waals surface area contributed by atoms with E-state index in [1.54, 1.807) is 12.1 Å². The van der Waals surface area contributed by atoms with Gasteiger partial charge in [-0.1, -0.05) is 18.2 Å². The third-order valence-corrected chi connectivity index (χ3v) is 5.10. The third kappa shape index (κ3) is 5.38. The first kappa shape index (κ1) is 21.1. The lowest BCUT2D eigenvalue weighted by Gasteiger charge is -2.09. The van der Waals surface area contributed by atoms with E-state index < -0.39 is 20.9 Å². The predicted octanol–water partition coefficient (Wildman–Crippen LogP) is 2.27. The molecule has 9 nitrogen and oxygen atoms in total. The Morgan fingerprint density at radius 1 is 1.25 bits per heavy atom. The fourth-order valence-electron chi connectivity index (χ4n) is 2.24. The highest BCUT2D eigenvalue weighted by molar-refractivity contribution is 7.89. The number of carbonyl (C=O) groups excluding carboxylic acids is 1. The minimum absolute atomic E-state index is 0.0652. The molecule has 0 aliphatic rings. The van der Waals surface area contributed by atoms with Gasteiger partial charge in [-0.3, -0.25) is 10.1 Å². The minimum atomic E-state index is -3.74. The molecule has 0 spiro atoms. The summed E-state index contributed by atoms with van der Waals surface area (Å²) in [4.78, 5) is 22.0. The summed E-state index contributed by atoms with van der Waals surface area (Å²) in [5, 5.41) is 10.7. The van der Waals surface area contributed by atoms with Crippen LogP contribution in [0.25, 0.3) is 6.08 Å². The zero-order valence-electron chi connectivity index (χ0n) is 15.1. The first-order chi connectivity index (χ1) is 13.3. The van der Waals surface area contributed by atoms with Crippen LogP contribution in [0.4, 0.5) is 5.69 Å². The highest BCUT2D eigenvalue weighted by atomic mass is 32.2. The predicted molar refractivity (Wildman–Crippen MR) is 101 cm³/mol. The van der Waals surface area contributed by atoms with E-state index in [2.05, 4.69) is 4.72 Å². The second kappa shape index (κ2) is 9.11. The number of nitro benzene ring substituents is 1. The van der Waals surface area contributed by atoms with Gasteiger partial charge in [-0.15, -0.1) is 0 Å². The number of hydrogen-bond donors (Lipinski definition) is 1. The summed E-state index contributed by atoms with van der Waals surface area (Å²) in [5.41, 5.74) is 0.824. The molecule has 2 aromatic carbocycles. The zero-order valence-corrected chi connectivity index (χ0v) is 15.9. The molecule has 0 atom stereocenters. The van der Waals surface area contributed by atoms with Crippen molar-refractivity contribution >= 4 is 27.8 Å². The lowest BCUT2D eigenvalue weighted by atomic mass is 10.2. The summed E-state index contributed by atoms with van der Waals surface area (Å²) in [6.45, 7) is -0.132. The van der Waals surface area contributed by atoms with Crippen molar-refractivity contribution in [1.29, 1.82) is 0 Å². The van der Waals surface area contributed by atoms with Crippen LogP contribution in [0.5, 0.6) is 5.75 Å². The standard InChI is InChI=1S/C18H18N2O7S/c1-19-28(24,25)17-11-13(6-8-16(17)26-2)7-9-18(21)27-12-14-4-3-5-15(10-14)20(22)23/h3-11,19H,12H2,1-2H3/b9-7+. The highest BCUT2D eigenvalue weighted by Gasteiger charge is 2.17. The van der Waals surface area contributed by atoms with E-state index in [1.165, 1.54) is 50.6 Å². The molecule has 2 aromatic rings. The Morgan fingerprint density at radius 2 is 2.00 bits per heavy atom. The van der Waals surface area contributed by atoms with Gasteiger partial charge in [0.1, 0.15) is 17.3 Å². The molecule has 28 heavy (non-hydrogen) atoms. The van der Waals surface area contributed by atoms with Crippen LogP contribution in [0.2, 0.25) is 0 Å². The molecule has 148 valence electrons. The van der Waals surface area contributed by atoms with Gasteiger partial charge in [0.2, 0.25) is 10.0 Å². The average molecular weight is 406 g/mol. The van der Waals surface area contributed by atoms with Gasteiger partial charge in [0.25, 0.3) is 5.69 Å². The van der Waals surface area contributed by atoms with Gasteiger partial charge < -0.3 is 9.47 Å². The van der Waals surface area contributed by atoms with Gasteiger partial charge in [0, 0.05) is 18.2 Å². The van der Waals surface area contributed by atoms with E-state index in [4.69, 9.17) is 9.47 Å². The number of ether oxygens (including phenoxy) is 2.